The molecule has 2 aromatic carbocycles. The van der Waals surface area contributed by atoms with Gasteiger partial charge in [-0.1, -0.05) is 11.6 Å². The van der Waals surface area contributed by atoms with E-state index in [2.05, 4.69) is 5.32 Å². The Hall–Kier alpha value is -2.80. The molecule has 0 heterocycles. The highest BCUT2D eigenvalue weighted by Crippen LogP contribution is 2.27. The van der Waals surface area contributed by atoms with Gasteiger partial charge in [0, 0.05) is 11.8 Å². The number of benzene rings is 2. The van der Waals surface area contributed by atoms with Crippen LogP contribution in [0.3, 0.4) is 0 Å². The highest BCUT2D eigenvalue weighted by atomic mass is 35.5. The van der Waals surface area contributed by atoms with E-state index in [4.69, 9.17) is 21.1 Å². The van der Waals surface area contributed by atoms with Gasteiger partial charge in [-0.25, -0.2) is 0 Å². The number of anilines is 1. The van der Waals surface area contributed by atoms with E-state index in [9.17, 15) is 14.9 Å². The molecular weight excluding hydrogens is 336 g/mol. The normalized spacial score (nSPS) is 10.1. The molecule has 0 aliphatic rings. The van der Waals surface area contributed by atoms with Gasteiger partial charge >= 0.3 is 0 Å². The summed E-state index contributed by atoms with van der Waals surface area (Å²) in [5.41, 5.74) is -0.00621. The van der Waals surface area contributed by atoms with Crippen LogP contribution < -0.4 is 14.8 Å². The van der Waals surface area contributed by atoms with Gasteiger partial charge in [-0.15, -0.1) is 0 Å². The Balaban J connectivity index is 1.91. The van der Waals surface area contributed by atoms with E-state index in [1.54, 1.807) is 24.3 Å². The first-order valence-electron chi connectivity index (χ1n) is 7.09. The lowest BCUT2D eigenvalue weighted by Gasteiger charge is -2.09. The Bertz CT molecular complexity index is 734. The van der Waals surface area contributed by atoms with Crippen molar-refractivity contribution < 1.29 is 19.2 Å². The molecule has 7 nitrogen and oxygen atoms in total. The molecule has 0 bridgehead atoms. The van der Waals surface area contributed by atoms with Crippen LogP contribution in [0.5, 0.6) is 11.5 Å². The fourth-order valence-corrected chi connectivity index (χ4v) is 2.06. The van der Waals surface area contributed by atoms with Gasteiger partial charge < -0.3 is 14.8 Å². The van der Waals surface area contributed by atoms with Crippen LogP contribution in [0, 0.1) is 10.1 Å². The van der Waals surface area contributed by atoms with E-state index in [1.807, 2.05) is 6.92 Å². The fourth-order valence-electron chi connectivity index (χ4n) is 1.88. The van der Waals surface area contributed by atoms with Crippen LogP contribution in [0.25, 0.3) is 0 Å². The first-order chi connectivity index (χ1) is 11.5. The number of carbonyl (C=O) groups excluding carboxylic acids is 1. The van der Waals surface area contributed by atoms with Crippen LogP contribution in [-0.4, -0.2) is 24.0 Å². The maximum atomic E-state index is 11.9. The van der Waals surface area contributed by atoms with Crippen LogP contribution in [0.2, 0.25) is 5.02 Å². The topological polar surface area (TPSA) is 90.7 Å². The summed E-state index contributed by atoms with van der Waals surface area (Å²) < 4.78 is 10.7. The second-order valence-electron chi connectivity index (χ2n) is 4.66. The van der Waals surface area contributed by atoms with Gasteiger partial charge in [-0.2, -0.15) is 0 Å². The summed E-state index contributed by atoms with van der Waals surface area (Å²) in [5, 5.41) is 13.3. The lowest BCUT2D eigenvalue weighted by Crippen LogP contribution is -2.20. The molecule has 2 rings (SSSR count). The van der Waals surface area contributed by atoms with Gasteiger partial charge in [0.25, 0.3) is 11.6 Å². The predicted octanol–water partition coefficient (Wildman–Crippen LogP) is 3.66. The third-order valence-electron chi connectivity index (χ3n) is 2.93. The molecule has 0 radical (unpaired) electrons. The maximum absolute atomic E-state index is 11.9. The number of nitrogens with zero attached hydrogens (tertiary/aromatic N) is 1. The summed E-state index contributed by atoms with van der Waals surface area (Å²) in [5.74, 6) is 0.777. The lowest BCUT2D eigenvalue weighted by molar-refractivity contribution is -0.384. The second kappa shape index (κ2) is 8.16. The van der Waals surface area contributed by atoms with Crippen LogP contribution in [0.15, 0.2) is 42.5 Å². The van der Waals surface area contributed by atoms with Gasteiger partial charge in [-0.3, -0.25) is 14.9 Å². The van der Waals surface area contributed by atoms with Crippen molar-refractivity contribution in [1.29, 1.82) is 0 Å². The van der Waals surface area contributed by atoms with Crippen molar-refractivity contribution in [2.75, 3.05) is 18.5 Å². The van der Waals surface area contributed by atoms with Crippen molar-refractivity contribution >= 4 is 28.9 Å². The number of hydrogen-bond acceptors (Lipinski definition) is 5. The number of rotatable bonds is 7. The van der Waals surface area contributed by atoms with E-state index in [-0.39, 0.29) is 23.0 Å². The van der Waals surface area contributed by atoms with Crippen LogP contribution in [0.4, 0.5) is 11.4 Å². The Labute approximate surface area is 143 Å². The summed E-state index contributed by atoms with van der Waals surface area (Å²) >= 11 is 5.71. The minimum Gasteiger partial charge on any atom is -0.494 e. The Morgan fingerprint density at radius 2 is 1.79 bits per heavy atom. The zero-order valence-electron chi connectivity index (χ0n) is 12.8. The van der Waals surface area contributed by atoms with E-state index in [1.165, 1.54) is 18.2 Å². The average Bonchev–Trinajstić information content (AvgIpc) is 2.56. The highest BCUT2D eigenvalue weighted by Gasteiger charge is 2.14. The van der Waals surface area contributed by atoms with E-state index in [0.29, 0.717) is 18.1 Å². The fraction of sp³-hybridized carbons (Fsp3) is 0.188. The van der Waals surface area contributed by atoms with Crippen molar-refractivity contribution in [2.45, 2.75) is 6.92 Å². The van der Waals surface area contributed by atoms with Gasteiger partial charge in [-0.05, 0) is 43.3 Å². The molecule has 0 saturated carbocycles. The zero-order valence-corrected chi connectivity index (χ0v) is 13.6. The van der Waals surface area contributed by atoms with Crippen LogP contribution in [-0.2, 0) is 4.79 Å². The van der Waals surface area contributed by atoms with Gasteiger partial charge in [0.05, 0.1) is 11.5 Å². The van der Waals surface area contributed by atoms with Crippen LogP contribution in [0.1, 0.15) is 6.92 Å². The second-order valence-corrected chi connectivity index (χ2v) is 5.07. The number of carbonyl (C=O) groups is 1. The molecule has 0 spiro atoms. The summed E-state index contributed by atoms with van der Waals surface area (Å²) in [4.78, 5) is 22.1. The number of hydrogen-bond donors (Lipinski definition) is 1. The number of amides is 1. The minimum absolute atomic E-state index is 0.00337. The van der Waals surface area contributed by atoms with Crippen molar-refractivity contribution in [3.05, 3.63) is 57.6 Å². The van der Waals surface area contributed by atoms with Crippen molar-refractivity contribution in [3.8, 4) is 11.5 Å². The third kappa shape index (κ3) is 4.85. The smallest absolute Gasteiger partial charge is 0.289 e. The quantitative estimate of drug-likeness (QED) is 0.607. The number of nitro benzene ring substituents is 1. The highest BCUT2D eigenvalue weighted by molar-refractivity contribution is 6.32. The summed E-state index contributed by atoms with van der Waals surface area (Å²) in [7, 11) is 0. The van der Waals surface area contributed by atoms with Crippen molar-refractivity contribution in [2.24, 2.45) is 0 Å². The van der Waals surface area contributed by atoms with Gasteiger partial charge in [0.15, 0.2) is 6.61 Å². The molecule has 2 aromatic rings. The van der Waals surface area contributed by atoms with Crippen molar-refractivity contribution in [1.82, 2.24) is 0 Å². The first-order valence-corrected chi connectivity index (χ1v) is 7.47. The molecule has 1 amide bonds. The molecule has 0 aromatic heterocycles. The predicted molar refractivity (Wildman–Crippen MR) is 89.8 cm³/mol. The number of nitro groups is 1. The number of nitrogens with one attached hydrogen (secondary N) is 1. The van der Waals surface area contributed by atoms with E-state index < -0.39 is 10.8 Å². The summed E-state index contributed by atoms with van der Waals surface area (Å²) in [6.07, 6.45) is 0. The monoisotopic (exact) mass is 350 g/mol. The van der Waals surface area contributed by atoms with Gasteiger partial charge in [0.2, 0.25) is 0 Å². The lowest BCUT2D eigenvalue weighted by atomic mass is 10.3. The molecular formula is C16H15ClN2O5. The Morgan fingerprint density at radius 1 is 1.17 bits per heavy atom. The van der Waals surface area contributed by atoms with E-state index in [0.717, 1.165) is 0 Å². The molecule has 0 atom stereocenters. The molecule has 126 valence electrons. The van der Waals surface area contributed by atoms with Gasteiger partial charge in [0.1, 0.15) is 16.5 Å². The molecule has 1 N–H and O–H groups in total. The Kier molecular flexibility index (Phi) is 5.97. The third-order valence-corrected chi connectivity index (χ3v) is 3.25. The molecule has 0 saturated heterocycles. The SMILES string of the molecule is CCOc1ccc(OCC(=O)Nc2ccc(Cl)c([N+](=O)[O-])c2)cc1. The minimum atomic E-state index is -0.617. The molecule has 8 heteroatoms. The Morgan fingerprint density at radius 3 is 2.38 bits per heavy atom. The molecule has 0 fully saturated rings. The van der Waals surface area contributed by atoms with Crippen LogP contribution >= 0.6 is 11.6 Å². The standard InChI is InChI=1S/C16H15ClN2O5/c1-2-23-12-4-6-13(7-5-12)24-10-16(20)18-11-3-8-14(17)15(9-11)19(21)22/h3-9H,2,10H2,1H3,(H,18,20). The molecule has 0 aliphatic carbocycles. The number of halogens is 1. The van der Waals surface area contributed by atoms with Crippen molar-refractivity contribution in [3.63, 3.8) is 0 Å². The molecule has 24 heavy (non-hydrogen) atoms. The number of ether oxygens (including phenoxy) is 2. The molecule has 0 aliphatic heterocycles. The average molecular weight is 351 g/mol. The molecule has 0 unspecified atom stereocenters. The summed E-state index contributed by atoms with van der Waals surface area (Å²) in [6.45, 7) is 2.22. The largest absolute Gasteiger partial charge is 0.494 e. The summed E-state index contributed by atoms with van der Waals surface area (Å²) in [6, 6.07) is 10.9. The van der Waals surface area contributed by atoms with E-state index >= 15 is 0 Å². The maximum Gasteiger partial charge on any atom is 0.289 e. The first kappa shape index (κ1) is 17.6. The zero-order chi connectivity index (χ0) is 17.5.